The monoisotopic (exact) mass is 949 g/mol. The number of unbranched alkanes of at least 4 members (excludes halogenated alkanes) is 28. The molecule has 11 atom stereocenters. The van der Waals surface area contributed by atoms with Crippen molar-refractivity contribution >= 4 is 11.9 Å². The van der Waals surface area contributed by atoms with Crippen molar-refractivity contribution in [3.8, 4) is 0 Å². The molecule has 0 amide bonds. The van der Waals surface area contributed by atoms with Gasteiger partial charge in [0.25, 0.3) is 0 Å². The van der Waals surface area contributed by atoms with E-state index in [2.05, 4.69) is 13.8 Å². The fourth-order valence-corrected chi connectivity index (χ4v) is 8.69. The minimum Gasteiger partial charge on any atom is -0.462 e. The number of rotatable bonds is 42. The van der Waals surface area contributed by atoms with Gasteiger partial charge in [-0.05, 0) is 12.8 Å². The maximum atomic E-state index is 13.0. The molecule has 0 aromatic rings. The van der Waals surface area contributed by atoms with E-state index in [4.69, 9.17) is 28.4 Å². The molecule has 15 heteroatoms. The van der Waals surface area contributed by atoms with Crippen LogP contribution < -0.4 is 0 Å². The second-order valence-corrected chi connectivity index (χ2v) is 19.1. The summed E-state index contributed by atoms with van der Waals surface area (Å²) < 4.78 is 33.5. The molecule has 15 nitrogen and oxygen atoms in total. The van der Waals surface area contributed by atoms with Crippen LogP contribution in [0.25, 0.3) is 0 Å². The minimum absolute atomic E-state index is 0.173. The number of aliphatic hydroxyl groups excluding tert-OH is 7. The second-order valence-electron chi connectivity index (χ2n) is 19.1. The van der Waals surface area contributed by atoms with E-state index in [9.17, 15) is 45.3 Å². The zero-order valence-electron chi connectivity index (χ0n) is 41.2. The van der Waals surface area contributed by atoms with Gasteiger partial charge in [0.05, 0.1) is 19.8 Å². The Hall–Kier alpha value is -1.50. The molecule has 0 aromatic carbocycles. The van der Waals surface area contributed by atoms with Gasteiger partial charge in [-0.1, -0.05) is 194 Å². The first-order chi connectivity index (χ1) is 32.0. The van der Waals surface area contributed by atoms with Gasteiger partial charge in [0, 0.05) is 12.8 Å². The molecule has 4 unspecified atom stereocenters. The Kier molecular flexibility index (Phi) is 36.0. The Labute approximate surface area is 398 Å². The highest BCUT2D eigenvalue weighted by atomic mass is 16.7. The van der Waals surface area contributed by atoms with Crippen molar-refractivity contribution in [2.75, 3.05) is 26.4 Å². The van der Waals surface area contributed by atoms with Gasteiger partial charge in [-0.25, -0.2) is 0 Å². The van der Waals surface area contributed by atoms with Crippen molar-refractivity contribution < 1.29 is 73.8 Å². The van der Waals surface area contributed by atoms with Crippen LogP contribution in [0, 0.1) is 0 Å². The van der Waals surface area contributed by atoms with Crippen molar-refractivity contribution in [1.82, 2.24) is 0 Å². The van der Waals surface area contributed by atoms with Crippen LogP contribution in [0.15, 0.2) is 0 Å². The van der Waals surface area contributed by atoms with Crippen LogP contribution in [0.5, 0.6) is 0 Å². The van der Waals surface area contributed by atoms with E-state index < -0.39 is 92.7 Å². The maximum absolute atomic E-state index is 13.0. The number of carbonyl (C=O) groups excluding carboxylic acids is 2. The molecule has 2 aliphatic heterocycles. The Morgan fingerprint density at radius 3 is 1.18 bits per heavy atom. The highest BCUT2D eigenvalue weighted by molar-refractivity contribution is 5.70. The second kappa shape index (κ2) is 39.2. The molecule has 2 rings (SSSR count). The van der Waals surface area contributed by atoms with Gasteiger partial charge in [-0.2, -0.15) is 0 Å². The third-order valence-corrected chi connectivity index (χ3v) is 13.1. The van der Waals surface area contributed by atoms with Crippen molar-refractivity contribution in [3.05, 3.63) is 0 Å². The topological polar surface area (TPSA) is 231 Å². The largest absolute Gasteiger partial charge is 0.462 e. The lowest BCUT2D eigenvalue weighted by Crippen LogP contribution is -2.61. The molecule has 390 valence electrons. The van der Waals surface area contributed by atoms with E-state index >= 15 is 0 Å². The van der Waals surface area contributed by atoms with E-state index in [1.54, 1.807) is 0 Å². The molecule has 0 spiro atoms. The summed E-state index contributed by atoms with van der Waals surface area (Å²) in [5, 5.41) is 72.0. The molecule has 2 saturated heterocycles. The smallest absolute Gasteiger partial charge is 0.306 e. The van der Waals surface area contributed by atoms with Gasteiger partial charge in [-0.3, -0.25) is 9.59 Å². The lowest BCUT2D eigenvalue weighted by molar-refractivity contribution is -0.332. The zero-order valence-corrected chi connectivity index (χ0v) is 41.2. The van der Waals surface area contributed by atoms with E-state index in [0.29, 0.717) is 12.8 Å². The fourth-order valence-electron chi connectivity index (χ4n) is 8.69. The summed E-state index contributed by atoms with van der Waals surface area (Å²) in [7, 11) is 0. The summed E-state index contributed by atoms with van der Waals surface area (Å²) in [5.41, 5.74) is 0. The molecule has 66 heavy (non-hydrogen) atoms. The molecule has 7 N–H and O–H groups in total. The van der Waals surface area contributed by atoms with Crippen LogP contribution in [0.1, 0.15) is 219 Å². The Bertz CT molecular complexity index is 1160. The zero-order chi connectivity index (χ0) is 48.2. The van der Waals surface area contributed by atoms with Crippen molar-refractivity contribution in [3.63, 3.8) is 0 Å². The van der Waals surface area contributed by atoms with E-state index in [-0.39, 0.29) is 26.1 Å². The molecule has 0 bridgehead atoms. The molecule has 2 fully saturated rings. The van der Waals surface area contributed by atoms with Crippen molar-refractivity contribution in [1.29, 1.82) is 0 Å². The molecular weight excluding hydrogens is 853 g/mol. The Morgan fingerprint density at radius 2 is 0.773 bits per heavy atom. The number of ether oxygens (including phenoxy) is 6. The van der Waals surface area contributed by atoms with E-state index in [1.807, 2.05) is 0 Å². The van der Waals surface area contributed by atoms with Crippen LogP contribution in [0.3, 0.4) is 0 Å². The van der Waals surface area contributed by atoms with Gasteiger partial charge in [0.15, 0.2) is 18.7 Å². The highest BCUT2D eigenvalue weighted by Gasteiger charge is 2.47. The van der Waals surface area contributed by atoms with E-state index in [0.717, 1.165) is 38.5 Å². The lowest BCUT2D eigenvalue weighted by Gasteiger charge is -2.42. The number of carbonyl (C=O) groups is 2. The van der Waals surface area contributed by atoms with Gasteiger partial charge < -0.3 is 64.2 Å². The SMILES string of the molecule is CCCCCCCCCCCCCCCCCCCCCCCC(=O)O[C@H](COC(=O)CCCCCCCCCCC)CO[C@H]1O[C@@H](CO[C@H]2O[C@@H](CO)[C@@H](O)C(O)C2O)[C@@H](O)C(O)C1O. The average molecular weight is 949 g/mol. The third-order valence-electron chi connectivity index (χ3n) is 13.1. The first kappa shape index (κ1) is 60.6. The molecule has 0 radical (unpaired) electrons. The molecule has 0 aliphatic carbocycles. The predicted molar refractivity (Wildman–Crippen MR) is 252 cm³/mol. The van der Waals surface area contributed by atoms with Gasteiger partial charge >= 0.3 is 11.9 Å². The quantitative estimate of drug-likeness (QED) is 0.0231. The van der Waals surface area contributed by atoms with Gasteiger partial charge in [0.1, 0.15) is 55.4 Å². The van der Waals surface area contributed by atoms with Crippen LogP contribution in [-0.2, 0) is 38.0 Å². The van der Waals surface area contributed by atoms with Gasteiger partial charge in [0.2, 0.25) is 0 Å². The van der Waals surface area contributed by atoms with Crippen molar-refractivity contribution in [2.45, 2.75) is 287 Å². The minimum atomic E-state index is -1.76. The Balaban J connectivity index is 1.74. The predicted octanol–water partition coefficient (Wildman–Crippen LogP) is 7.61. The summed E-state index contributed by atoms with van der Waals surface area (Å²) >= 11 is 0. The summed E-state index contributed by atoms with van der Waals surface area (Å²) in [4.78, 5) is 25.7. The first-order valence-electron chi connectivity index (χ1n) is 26.6. The van der Waals surface area contributed by atoms with Crippen LogP contribution in [-0.4, -0.2) is 142 Å². The Morgan fingerprint density at radius 1 is 0.424 bits per heavy atom. The fraction of sp³-hybridized carbons (Fsp3) is 0.961. The molecule has 0 aromatic heterocycles. The summed E-state index contributed by atoms with van der Waals surface area (Å²) in [5.74, 6) is -0.913. The van der Waals surface area contributed by atoms with Crippen LogP contribution in [0.4, 0.5) is 0 Å². The van der Waals surface area contributed by atoms with Crippen LogP contribution in [0.2, 0.25) is 0 Å². The molecule has 2 aliphatic rings. The summed E-state index contributed by atoms with van der Waals surface area (Å²) in [6, 6.07) is 0. The third kappa shape index (κ3) is 27.0. The number of esters is 2. The standard InChI is InChI=1S/C51H96O15/c1-3-5-7-9-11-13-14-15-16-17-18-19-20-21-22-23-24-26-28-30-32-34-43(54)64-39(36-61-42(53)33-31-29-27-25-12-10-8-6-4-2)37-62-50-49(60)47(58)45(56)41(66-50)38-63-51-48(59)46(57)44(55)40(35-52)65-51/h39-41,44-52,55-60H,3-38H2,1-2H3/t39-,40+,41+,44-,45-,46?,47?,48?,49?,50+,51+/m1/s1. The van der Waals surface area contributed by atoms with E-state index in [1.165, 1.54) is 141 Å². The first-order valence-corrected chi connectivity index (χ1v) is 26.6. The highest BCUT2D eigenvalue weighted by Crippen LogP contribution is 2.27. The van der Waals surface area contributed by atoms with Gasteiger partial charge in [-0.15, -0.1) is 0 Å². The number of aliphatic hydroxyl groups is 7. The molecular formula is C51H96O15. The average Bonchev–Trinajstić information content (AvgIpc) is 3.31. The normalized spacial score (nSPS) is 26.1. The molecule has 2 heterocycles. The summed E-state index contributed by atoms with van der Waals surface area (Å²) in [6.07, 6.45) is 20.1. The van der Waals surface area contributed by atoms with Crippen molar-refractivity contribution in [2.24, 2.45) is 0 Å². The lowest BCUT2D eigenvalue weighted by atomic mass is 9.98. The van der Waals surface area contributed by atoms with Crippen LogP contribution >= 0.6 is 0 Å². The summed E-state index contributed by atoms with van der Waals surface area (Å²) in [6.45, 7) is 2.60. The number of hydrogen-bond donors (Lipinski definition) is 7. The number of hydrogen-bond acceptors (Lipinski definition) is 15. The maximum Gasteiger partial charge on any atom is 0.306 e. The molecule has 0 saturated carbocycles.